The number of allylic oxidation sites excluding steroid dienone is 1. The molecule has 8 nitrogen and oxygen atoms in total. The fraction of sp³-hybridized carbons (Fsp3) is 0.565. The SMILES string of the molecule is COC(=O)/C(=C(/C)OS(C)(=O)=O)N1C(=O)[C@H](CCO[Si](C)(C)C(C)(C)C)[C@H]1Sc1ccccc1. The van der Waals surface area contributed by atoms with Gasteiger partial charge in [0.05, 0.1) is 24.7 Å². The summed E-state index contributed by atoms with van der Waals surface area (Å²) in [5.74, 6) is -1.77. The van der Waals surface area contributed by atoms with Crippen LogP contribution in [0.3, 0.4) is 0 Å². The van der Waals surface area contributed by atoms with E-state index < -0.39 is 35.7 Å². The van der Waals surface area contributed by atoms with Gasteiger partial charge >= 0.3 is 16.1 Å². The fourth-order valence-corrected chi connectivity index (χ4v) is 6.15. The molecule has 34 heavy (non-hydrogen) atoms. The summed E-state index contributed by atoms with van der Waals surface area (Å²) >= 11 is 1.42. The minimum absolute atomic E-state index is 0.0434. The number of likely N-dealkylation sites (tertiary alicyclic amines) is 1. The first-order chi connectivity index (χ1) is 15.6. The fourth-order valence-electron chi connectivity index (χ4n) is 3.23. The molecule has 0 unspecified atom stereocenters. The monoisotopic (exact) mass is 529 g/mol. The van der Waals surface area contributed by atoms with Gasteiger partial charge in [0.2, 0.25) is 5.91 Å². The first kappa shape index (κ1) is 28.4. The van der Waals surface area contributed by atoms with Gasteiger partial charge in [0.15, 0.2) is 14.0 Å². The molecule has 1 saturated heterocycles. The van der Waals surface area contributed by atoms with Crippen LogP contribution in [0.15, 0.2) is 46.7 Å². The standard InChI is InChI=1S/C23H35NO7S2Si/c1-16(31-33(6,27)28)19(22(26)29-5)24-20(25)18(14-15-30-34(7,8)23(2,3)4)21(24)32-17-12-10-9-11-13-17/h9-13,18,21H,14-15H2,1-8H3/b19-16+/t18-,21+/m0/s1. The van der Waals surface area contributed by atoms with E-state index in [9.17, 15) is 18.0 Å². The van der Waals surface area contributed by atoms with E-state index in [-0.39, 0.29) is 22.4 Å². The summed E-state index contributed by atoms with van der Waals surface area (Å²) in [7, 11) is -4.72. The van der Waals surface area contributed by atoms with Crippen LogP contribution in [0, 0.1) is 5.92 Å². The average molecular weight is 530 g/mol. The van der Waals surface area contributed by atoms with E-state index in [1.807, 2.05) is 30.3 Å². The molecule has 0 N–H and O–H groups in total. The molecule has 1 aromatic carbocycles. The second-order valence-corrected chi connectivity index (χ2v) is 17.3. The zero-order valence-corrected chi connectivity index (χ0v) is 23.7. The first-order valence-corrected chi connectivity index (χ1v) is 16.6. The third kappa shape index (κ3) is 6.86. The lowest BCUT2D eigenvalue weighted by Crippen LogP contribution is -2.60. The van der Waals surface area contributed by atoms with Crippen molar-refractivity contribution in [3.63, 3.8) is 0 Å². The summed E-state index contributed by atoms with van der Waals surface area (Å²) in [5, 5.41) is -0.410. The van der Waals surface area contributed by atoms with Crippen molar-refractivity contribution in [2.45, 2.75) is 62.5 Å². The van der Waals surface area contributed by atoms with Crippen LogP contribution in [-0.2, 0) is 33.1 Å². The molecule has 1 aliphatic heterocycles. The highest BCUT2D eigenvalue weighted by Gasteiger charge is 2.52. The van der Waals surface area contributed by atoms with Crippen LogP contribution in [0.5, 0.6) is 0 Å². The van der Waals surface area contributed by atoms with Crippen molar-refractivity contribution < 1.29 is 31.4 Å². The highest BCUT2D eigenvalue weighted by Crippen LogP contribution is 2.45. The number of nitrogens with zero attached hydrogens (tertiary/aromatic N) is 1. The number of hydrogen-bond acceptors (Lipinski definition) is 8. The van der Waals surface area contributed by atoms with Gasteiger partial charge in [-0.25, -0.2) is 4.79 Å². The van der Waals surface area contributed by atoms with Crippen molar-refractivity contribution >= 4 is 42.1 Å². The van der Waals surface area contributed by atoms with E-state index in [0.717, 1.165) is 11.2 Å². The number of carbonyl (C=O) groups excluding carboxylic acids is 2. The number of thioether (sulfide) groups is 1. The molecule has 2 atom stereocenters. The zero-order valence-electron chi connectivity index (χ0n) is 21.1. The van der Waals surface area contributed by atoms with Crippen molar-refractivity contribution in [3.05, 3.63) is 41.8 Å². The number of hydrogen-bond donors (Lipinski definition) is 0. The van der Waals surface area contributed by atoms with Gasteiger partial charge in [0.25, 0.3) is 0 Å². The summed E-state index contributed by atoms with van der Waals surface area (Å²) in [6, 6.07) is 9.49. The quantitative estimate of drug-likeness (QED) is 0.110. The molecule has 0 saturated carbocycles. The van der Waals surface area contributed by atoms with Crippen molar-refractivity contribution in [2.75, 3.05) is 20.0 Å². The van der Waals surface area contributed by atoms with Crippen molar-refractivity contribution in [1.29, 1.82) is 0 Å². The van der Waals surface area contributed by atoms with E-state index in [0.29, 0.717) is 13.0 Å². The smallest absolute Gasteiger partial charge is 0.358 e. The number of benzene rings is 1. The largest absolute Gasteiger partial charge is 0.464 e. The number of esters is 1. The van der Waals surface area contributed by atoms with Crippen LogP contribution in [0.4, 0.5) is 0 Å². The Morgan fingerprint density at radius 2 is 1.76 bits per heavy atom. The predicted octanol–water partition coefficient (Wildman–Crippen LogP) is 4.36. The summed E-state index contributed by atoms with van der Waals surface area (Å²) in [6.45, 7) is 12.5. The van der Waals surface area contributed by atoms with E-state index in [4.69, 9.17) is 13.3 Å². The van der Waals surface area contributed by atoms with Crippen LogP contribution >= 0.6 is 11.8 Å². The summed E-state index contributed by atoms with van der Waals surface area (Å²) < 4.78 is 39.5. The van der Waals surface area contributed by atoms with Crippen molar-refractivity contribution in [2.24, 2.45) is 5.92 Å². The Morgan fingerprint density at radius 3 is 2.26 bits per heavy atom. The number of ether oxygens (including phenoxy) is 1. The van der Waals surface area contributed by atoms with Gasteiger partial charge in [-0.1, -0.05) is 50.7 Å². The second kappa shape index (κ2) is 10.8. The van der Waals surface area contributed by atoms with Gasteiger partial charge in [-0.2, -0.15) is 8.42 Å². The zero-order chi connectivity index (χ0) is 25.9. The lowest BCUT2D eigenvalue weighted by Gasteiger charge is -2.47. The number of amides is 1. The molecule has 0 aliphatic carbocycles. The Hall–Kier alpha value is -1.82. The van der Waals surface area contributed by atoms with Gasteiger partial charge in [-0.15, -0.1) is 0 Å². The third-order valence-electron chi connectivity index (χ3n) is 6.08. The van der Waals surface area contributed by atoms with Gasteiger partial charge < -0.3 is 13.3 Å². The summed E-state index contributed by atoms with van der Waals surface area (Å²) in [4.78, 5) is 28.1. The Balaban J connectivity index is 2.36. The normalized spacial score (nSPS) is 19.9. The van der Waals surface area contributed by atoms with E-state index in [1.54, 1.807) is 0 Å². The van der Waals surface area contributed by atoms with Crippen LogP contribution < -0.4 is 0 Å². The molecule has 1 amide bonds. The van der Waals surface area contributed by atoms with Crippen molar-refractivity contribution in [3.8, 4) is 0 Å². The molecule has 1 aliphatic rings. The molecule has 0 aromatic heterocycles. The number of rotatable bonds is 10. The molecular weight excluding hydrogens is 494 g/mol. The minimum Gasteiger partial charge on any atom is -0.464 e. The maximum Gasteiger partial charge on any atom is 0.358 e. The molecule has 1 heterocycles. The highest BCUT2D eigenvalue weighted by atomic mass is 32.2. The summed E-state index contributed by atoms with van der Waals surface area (Å²) in [6.07, 6.45) is 1.35. The van der Waals surface area contributed by atoms with Crippen LogP contribution in [0.1, 0.15) is 34.1 Å². The van der Waals surface area contributed by atoms with Crippen LogP contribution in [0.2, 0.25) is 18.1 Å². The maximum atomic E-state index is 13.3. The predicted molar refractivity (Wildman–Crippen MR) is 135 cm³/mol. The van der Waals surface area contributed by atoms with Gasteiger partial charge in [0, 0.05) is 11.5 Å². The molecule has 2 rings (SSSR count). The highest BCUT2D eigenvalue weighted by molar-refractivity contribution is 8.00. The van der Waals surface area contributed by atoms with Gasteiger partial charge in [-0.3, -0.25) is 9.69 Å². The maximum absolute atomic E-state index is 13.3. The van der Waals surface area contributed by atoms with E-state index in [1.165, 1.54) is 30.7 Å². The third-order valence-corrected chi connectivity index (χ3v) is 12.5. The number of methoxy groups -OCH3 is 1. The van der Waals surface area contributed by atoms with E-state index in [2.05, 4.69) is 33.9 Å². The Labute approximate surface area is 208 Å². The van der Waals surface area contributed by atoms with Gasteiger partial charge in [0.1, 0.15) is 5.76 Å². The lowest BCUT2D eigenvalue weighted by molar-refractivity contribution is -0.154. The van der Waals surface area contributed by atoms with Crippen LogP contribution in [0.25, 0.3) is 0 Å². The molecule has 190 valence electrons. The molecule has 11 heteroatoms. The second-order valence-electron chi connectivity index (χ2n) is 9.72. The number of β-lactam (4-membered cyclic amide) rings is 1. The lowest BCUT2D eigenvalue weighted by atomic mass is 9.93. The molecule has 0 bridgehead atoms. The topological polar surface area (TPSA) is 99.2 Å². The number of carbonyl (C=O) groups is 2. The van der Waals surface area contributed by atoms with Crippen LogP contribution in [-0.4, -0.2) is 58.9 Å². The molecular formula is C23H35NO7S2Si. The minimum atomic E-state index is -3.91. The molecule has 1 aromatic rings. The molecule has 0 spiro atoms. The van der Waals surface area contributed by atoms with Gasteiger partial charge in [-0.05, 0) is 43.6 Å². The van der Waals surface area contributed by atoms with E-state index >= 15 is 0 Å². The Kier molecular flexibility index (Phi) is 9.06. The summed E-state index contributed by atoms with van der Waals surface area (Å²) in [5.41, 5.74) is -0.215. The molecule has 1 fully saturated rings. The molecule has 0 radical (unpaired) electrons. The van der Waals surface area contributed by atoms with Crippen molar-refractivity contribution in [1.82, 2.24) is 4.90 Å². The first-order valence-electron chi connectivity index (χ1n) is 11.0. The Bertz CT molecular complexity index is 1030. The average Bonchev–Trinajstić information content (AvgIpc) is 2.72. The Morgan fingerprint density at radius 1 is 1.18 bits per heavy atom.